The Bertz CT molecular complexity index is 197. The van der Waals surface area contributed by atoms with E-state index in [1.165, 1.54) is 12.8 Å². The van der Waals surface area contributed by atoms with Gasteiger partial charge in [-0.2, -0.15) is 0 Å². The number of carboxylic acids is 1. The van der Waals surface area contributed by atoms with Crippen LogP contribution in [0.15, 0.2) is 0 Å². The molecular formula is C10H20N2O2. The first-order chi connectivity index (χ1) is 6.66. The summed E-state index contributed by atoms with van der Waals surface area (Å²) in [5.41, 5.74) is 0. The third kappa shape index (κ3) is 2.69. The molecule has 1 unspecified atom stereocenters. The van der Waals surface area contributed by atoms with E-state index in [-0.39, 0.29) is 0 Å². The van der Waals surface area contributed by atoms with Crippen LogP contribution in [0.4, 0.5) is 0 Å². The van der Waals surface area contributed by atoms with Crippen LogP contribution in [-0.4, -0.2) is 53.7 Å². The van der Waals surface area contributed by atoms with Crippen molar-refractivity contribution in [1.29, 1.82) is 0 Å². The first-order valence-corrected chi connectivity index (χ1v) is 5.34. The van der Waals surface area contributed by atoms with Crippen molar-refractivity contribution in [1.82, 2.24) is 9.80 Å². The Hall–Kier alpha value is -0.610. The molecule has 1 heterocycles. The summed E-state index contributed by atoms with van der Waals surface area (Å²) in [6.45, 7) is 4.82. The Balaban J connectivity index is 2.39. The van der Waals surface area contributed by atoms with Gasteiger partial charge in [0.15, 0.2) is 6.17 Å². The van der Waals surface area contributed by atoms with Gasteiger partial charge in [-0.25, -0.2) is 4.79 Å². The Kier molecular flexibility index (Phi) is 4.35. The predicted octanol–water partition coefficient (Wildman–Crippen LogP) is 0.835. The molecule has 0 spiro atoms. The van der Waals surface area contributed by atoms with Crippen molar-refractivity contribution in [2.45, 2.75) is 32.4 Å². The molecule has 0 aromatic heterocycles. The van der Waals surface area contributed by atoms with Crippen LogP contribution in [0.2, 0.25) is 0 Å². The van der Waals surface area contributed by atoms with Crippen molar-refractivity contribution < 1.29 is 9.90 Å². The average Bonchev–Trinajstić information content (AvgIpc) is 2.47. The number of rotatable bonds is 5. The number of hydrogen-bond acceptors (Lipinski definition) is 3. The topological polar surface area (TPSA) is 43.8 Å². The third-order valence-corrected chi connectivity index (χ3v) is 2.77. The van der Waals surface area contributed by atoms with E-state index in [9.17, 15) is 4.79 Å². The van der Waals surface area contributed by atoms with Crippen LogP contribution in [0, 0.1) is 0 Å². The summed E-state index contributed by atoms with van der Waals surface area (Å²) in [6, 6.07) is 0. The second-order valence-corrected chi connectivity index (χ2v) is 3.94. The molecule has 0 bridgehead atoms. The average molecular weight is 200 g/mol. The zero-order valence-electron chi connectivity index (χ0n) is 9.07. The van der Waals surface area contributed by atoms with E-state index in [2.05, 4.69) is 11.8 Å². The number of likely N-dealkylation sites (N-methyl/N-ethyl adjacent to an activating group) is 1. The summed E-state index contributed by atoms with van der Waals surface area (Å²) in [7, 11) is 1.87. The minimum Gasteiger partial charge on any atom is -0.479 e. The number of nitrogens with zero attached hydrogens (tertiary/aromatic N) is 2. The van der Waals surface area contributed by atoms with E-state index < -0.39 is 12.1 Å². The van der Waals surface area contributed by atoms with Gasteiger partial charge in [0.1, 0.15) is 0 Å². The molecule has 0 aliphatic carbocycles. The van der Waals surface area contributed by atoms with E-state index in [0.717, 1.165) is 26.1 Å². The third-order valence-electron chi connectivity index (χ3n) is 2.77. The molecule has 0 amide bonds. The first-order valence-electron chi connectivity index (χ1n) is 5.34. The fourth-order valence-corrected chi connectivity index (χ4v) is 1.95. The van der Waals surface area contributed by atoms with E-state index >= 15 is 0 Å². The SMILES string of the molecule is CCCCCN1CCN(C)C1C(=O)O. The van der Waals surface area contributed by atoms with Crippen molar-refractivity contribution in [2.24, 2.45) is 0 Å². The normalized spacial score (nSPS) is 24.3. The summed E-state index contributed by atoms with van der Waals surface area (Å²) >= 11 is 0. The van der Waals surface area contributed by atoms with E-state index in [4.69, 9.17) is 5.11 Å². The lowest BCUT2D eigenvalue weighted by molar-refractivity contribution is -0.146. The van der Waals surface area contributed by atoms with Crippen molar-refractivity contribution in [3.63, 3.8) is 0 Å². The maximum atomic E-state index is 11.0. The van der Waals surface area contributed by atoms with E-state index in [1.54, 1.807) is 0 Å². The second-order valence-electron chi connectivity index (χ2n) is 3.94. The highest BCUT2D eigenvalue weighted by Gasteiger charge is 2.34. The van der Waals surface area contributed by atoms with Crippen LogP contribution in [0.25, 0.3) is 0 Å². The number of hydrogen-bond donors (Lipinski definition) is 1. The minimum absolute atomic E-state index is 0.396. The molecule has 1 atom stereocenters. The zero-order valence-corrected chi connectivity index (χ0v) is 9.07. The molecular weight excluding hydrogens is 180 g/mol. The van der Waals surface area contributed by atoms with Crippen LogP contribution in [-0.2, 0) is 4.79 Å². The standard InChI is InChI=1S/C10H20N2O2/c1-3-4-5-6-12-8-7-11(2)9(12)10(13)14/h9H,3-8H2,1-2H3,(H,13,14). The maximum absolute atomic E-state index is 11.0. The smallest absolute Gasteiger partial charge is 0.336 e. The summed E-state index contributed by atoms with van der Waals surface area (Å²) < 4.78 is 0. The second kappa shape index (κ2) is 5.32. The summed E-state index contributed by atoms with van der Waals surface area (Å²) in [5, 5.41) is 9.03. The maximum Gasteiger partial charge on any atom is 0.336 e. The number of unbranched alkanes of at least 4 members (excludes halogenated alkanes) is 2. The Labute approximate surface area is 85.5 Å². The summed E-state index contributed by atoms with van der Waals surface area (Å²) in [6.07, 6.45) is 3.08. The molecule has 1 aliphatic heterocycles. The molecule has 82 valence electrons. The number of aliphatic carboxylic acids is 1. The molecule has 1 fully saturated rings. The van der Waals surface area contributed by atoms with Gasteiger partial charge < -0.3 is 5.11 Å². The fraction of sp³-hybridized carbons (Fsp3) is 0.900. The lowest BCUT2D eigenvalue weighted by Gasteiger charge is -2.23. The van der Waals surface area contributed by atoms with Gasteiger partial charge in [-0.1, -0.05) is 19.8 Å². The van der Waals surface area contributed by atoms with E-state index in [0.29, 0.717) is 0 Å². The molecule has 1 saturated heterocycles. The molecule has 1 N–H and O–H groups in total. The number of carboxylic acid groups (broad SMARTS) is 1. The molecule has 14 heavy (non-hydrogen) atoms. The highest BCUT2D eigenvalue weighted by Crippen LogP contribution is 2.13. The lowest BCUT2D eigenvalue weighted by Crippen LogP contribution is -2.43. The van der Waals surface area contributed by atoms with Crippen molar-refractivity contribution >= 4 is 5.97 Å². The largest absolute Gasteiger partial charge is 0.479 e. The monoisotopic (exact) mass is 200 g/mol. The van der Waals surface area contributed by atoms with Crippen molar-refractivity contribution in [3.05, 3.63) is 0 Å². The van der Waals surface area contributed by atoms with Gasteiger partial charge in [0.2, 0.25) is 0 Å². The Morgan fingerprint density at radius 2 is 2.14 bits per heavy atom. The van der Waals surface area contributed by atoms with E-state index in [1.807, 2.05) is 11.9 Å². The Morgan fingerprint density at radius 1 is 1.43 bits per heavy atom. The summed E-state index contributed by atoms with van der Waals surface area (Å²) in [5.74, 6) is -0.721. The van der Waals surface area contributed by atoms with Gasteiger partial charge in [0.05, 0.1) is 0 Å². The van der Waals surface area contributed by atoms with Crippen LogP contribution in [0.3, 0.4) is 0 Å². The molecule has 1 aliphatic rings. The summed E-state index contributed by atoms with van der Waals surface area (Å²) in [4.78, 5) is 14.9. The van der Waals surface area contributed by atoms with Gasteiger partial charge in [-0.15, -0.1) is 0 Å². The lowest BCUT2D eigenvalue weighted by atomic mass is 10.2. The van der Waals surface area contributed by atoms with Crippen LogP contribution >= 0.6 is 0 Å². The van der Waals surface area contributed by atoms with Crippen LogP contribution in [0.5, 0.6) is 0 Å². The van der Waals surface area contributed by atoms with Crippen LogP contribution < -0.4 is 0 Å². The fourth-order valence-electron chi connectivity index (χ4n) is 1.95. The van der Waals surface area contributed by atoms with Gasteiger partial charge in [0.25, 0.3) is 0 Å². The Morgan fingerprint density at radius 3 is 2.71 bits per heavy atom. The quantitative estimate of drug-likeness (QED) is 0.668. The molecule has 0 aromatic carbocycles. The zero-order chi connectivity index (χ0) is 10.6. The first kappa shape index (κ1) is 11.5. The predicted molar refractivity (Wildman–Crippen MR) is 55.2 cm³/mol. The minimum atomic E-state index is -0.721. The molecule has 0 aromatic rings. The van der Waals surface area contributed by atoms with Crippen molar-refractivity contribution in [3.8, 4) is 0 Å². The van der Waals surface area contributed by atoms with Gasteiger partial charge in [-0.3, -0.25) is 9.80 Å². The molecule has 4 nitrogen and oxygen atoms in total. The highest BCUT2D eigenvalue weighted by molar-refractivity contribution is 5.73. The highest BCUT2D eigenvalue weighted by atomic mass is 16.4. The number of carbonyl (C=O) groups is 1. The molecule has 0 radical (unpaired) electrons. The van der Waals surface area contributed by atoms with Gasteiger partial charge >= 0.3 is 5.97 Å². The molecule has 0 saturated carbocycles. The van der Waals surface area contributed by atoms with Gasteiger partial charge in [-0.05, 0) is 13.5 Å². The molecule has 4 heteroatoms. The van der Waals surface area contributed by atoms with Gasteiger partial charge in [0, 0.05) is 19.6 Å². The molecule has 1 rings (SSSR count). The van der Waals surface area contributed by atoms with Crippen molar-refractivity contribution in [2.75, 3.05) is 26.7 Å². The van der Waals surface area contributed by atoms with Crippen LogP contribution in [0.1, 0.15) is 26.2 Å².